The molecular weight excluding hydrogens is 342 g/mol. The van der Waals surface area contributed by atoms with Crippen molar-refractivity contribution in [1.82, 2.24) is 5.32 Å². The standard InChI is InChI=1S/C19H20ClNO4/c1-12-19(13-3-2-4-14(20)7-13)25-16(9-21-12)10-22-17-6-5-15-8-18(17)24-11-23-15/h2-8,12,16,19,21H,9-11H2,1H3/t12-,16+,19-/m0/s1. The maximum atomic E-state index is 6.26. The molecular formula is C19H20ClNO4. The lowest BCUT2D eigenvalue weighted by atomic mass is 10.0. The van der Waals surface area contributed by atoms with Crippen molar-refractivity contribution in [2.75, 3.05) is 19.9 Å². The maximum absolute atomic E-state index is 6.26. The van der Waals surface area contributed by atoms with Gasteiger partial charge in [-0.2, -0.15) is 0 Å². The lowest BCUT2D eigenvalue weighted by molar-refractivity contribution is -0.0775. The molecule has 0 amide bonds. The zero-order valence-corrected chi connectivity index (χ0v) is 14.7. The highest BCUT2D eigenvalue weighted by Gasteiger charge is 2.30. The zero-order valence-electron chi connectivity index (χ0n) is 13.9. The number of hydrogen-bond acceptors (Lipinski definition) is 5. The quantitative estimate of drug-likeness (QED) is 0.902. The van der Waals surface area contributed by atoms with Gasteiger partial charge in [-0.3, -0.25) is 0 Å². The molecule has 4 rings (SSSR count). The topological polar surface area (TPSA) is 49.0 Å². The number of hydrogen-bond donors (Lipinski definition) is 1. The Morgan fingerprint density at radius 2 is 2.12 bits per heavy atom. The molecule has 0 unspecified atom stereocenters. The average molecular weight is 362 g/mol. The molecule has 0 radical (unpaired) electrons. The first-order valence-corrected chi connectivity index (χ1v) is 8.73. The molecule has 1 fully saturated rings. The summed E-state index contributed by atoms with van der Waals surface area (Å²) in [5.74, 6) is 2.19. The molecule has 0 spiro atoms. The summed E-state index contributed by atoms with van der Waals surface area (Å²) in [6.07, 6.45) is -0.127. The van der Waals surface area contributed by atoms with Crippen molar-refractivity contribution < 1.29 is 18.9 Å². The first-order chi connectivity index (χ1) is 12.2. The van der Waals surface area contributed by atoms with E-state index in [4.69, 9.17) is 30.5 Å². The molecule has 0 saturated carbocycles. The van der Waals surface area contributed by atoms with Crippen molar-refractivity contribution in [2.45, 2.75) is 25.2 Å². The predicted octanol–water partition coefficient (Wildman–Crippen LogP) is 3.57. The summed E-state index contributed by atoms with van der Waals surface area (Å²) in [7, 11) is 0. The average Bonchev–Trinajstić information content (AvgIpc) is 2.62. The summed E-state index contributed by atoms with van der Waals surface area (Å²) < 4.78 is 22.9. The third kappa shape index (κ3) is 3.68. The number of fused-ring (bicyclic) bond motifs is 2. The lowest BCUT2D eigenvalue weighted by Gasteiger charge is -2.36. The number of halogens is 1. The highest BCUT2D eigenvalue weighted by molar-refractivity contribution is 6.30. The van der Waals surface area contributed by atoms with Gasteiger partial charge in [-0.05, 0) is 36.8 Å². The van der Waals surface area contributed by atoms with Crippen LogP contribution in [0.4, 0.5) is 0 Å². The van der Waals surface area contributed by atoms with E-state index in [0.717, 1.165) is 17.9 Å². The van der Waals surface area contributed by atoms with E-state index in [0.29, 0.717) is 23.1 Å². The zero-order chi connectivity index (χ0) is 17.2. The van der Waals surface area contributed by atoms with Gasteiger partial charge in [0.2, 0.25) is 6.79 Å². The molecule has 1 saturated heterocycles. The Hall–Kier alpha value is -1.95. The molecule has 2 aromatic rings. The van der Waals surface area contributed by atoms with Gasteiger partial charge in [0.15, 0.2) is 11.5 Å². The lowest BCUT2D eigenvalue weighted by Crippen LogP contribution is -2.48. The molecule has 5 nitrogen and oxygen atoms in total. The fraction of sp³-hybridized carbons (Fsp3) is 0.368. The predicted molar refractivity (Wildman–Crippen MR) is 94.6 cm³/mol. The van der Waals surface area contributed by atoms with Gasteiger partial charge >= 0.3 is 0 Å². The minimum atomic E-state index is -0.0635. The van der Waals surface area contributed by atoms with Crippen LogP contribution >= 0.6 is 11.6 Å². The SMILES string of the molecule is C[C@@H]1NC[C@H](COc2ccc3cc2OCO3)O[C@@H]1c1cccc(Cl)c1. The smallest absolute Gasteiger partial charge is 0.231 e. The van der Waals surface area contributed by atoms with Crippen LogP contribution in [-0.2, 0) is 4.74 Å². The third-order valence-electron chi connectivity index (χ3n) is 4.42. The number of morpholine rings is 1. The van der Waals surface area contributed by atoms with Gasteiger partial charge < -0.3 is 24.3 Å². The van der Waals surface area contributed by atoms with Crippen LogP contribution in [0.2, 0.25) is 5.02 Å². The van der Waals surface area contributed by atoms with Crippen molar-refractivity contribution in [3.8, 4) is 17.2 Å². The van der Waals surface area contributed by atoms with Crippen molar-refractivity contribution in [3.05, 3.63) is 53.1 Å². The van der Waals surface area contributed by atoms with Crippen molar-refractivity contribution in [3.63, 3.8) is 0 Å². The van der Waals surface area contributed by atoms with E-state index in [1.165, 1.54) is 0 Å². The van der Waals surface area contributed by atoms with Gasteiger partial charge in [0.25, 0.3) is 0 Å². The summed E-state index contributed by atoms with van der Waals surface area (Å²) >= 11 is 6.12. The van der Waals surface area contributed by atoms with E-state index in [9.17, 15) is 0 Å². The highest BCUT2D eigenvalue weighted by Crippen LogP contribution is 2.35. The minimum Gasteiger partial charge on any atom is -0.487 e. The number of nitrogens with one attached hydrogen (secondary N) is 1. The molecule has 0 aromatic heterocycles. The van der Waals surface area contributed by atoms with Gasteiger partial charge in [0, 0.05) is 23.7 Å². The molecule has 1 N–H and O–H groups in total. The summed E-state index contributed by atoms with van der Waals surface area (Å²) in [5.41, 5.74) is 1.07. The van der Waals surface area contributed by atoms with Crippen LogP contribution in [0.5, 0.6) is 17.2 Å². The second kappa shape index (κ2) is 7.12. The molecule has 2 aromatic carbocycles. The Morgan fingerprint density at radius 3 is 3.00 bits per heavy atom. The molecule has 2 aliphatic rings. The van der Waals surface area contributed by atoms with Crippen molar-refractivity contribution in [2.24, 2.45) is 0 Å². The van der Waals surface area contributed by atoms with Gasteiger partial charge in [-0.1, -0.05) is 23.7 Å². The second-order valence-electron chi connectivity index (χ2n) is 6.26. The Labute approximate surface area is 151 Å². The Bertz CT molecular complexity index is 754. The summed E-state index contributed by atoms with van der Waals surface area (Å²) in [5, 5.41) is 4.20. The number of rotatable bonds is 4. The Kier molecular flexibility index (Phi) is 4.70. The van der Waals surface area contributed by atoms with E-state index >= 15 is 0 Å². The fourth-order valence-corrected chi connectivity index (χ4v) is 3.30. The van der Waals surface area contributed by atoms with E-state index in [2.05, 4.69) is 12.2 Å². The third-order valence-corrected chi connectivity index (χ3v) is 4.65. The molecule has 25 heavy (non-hydrogen) atoms. The Morgan fingerprint density at radius 1 is 1.20 bits per heavy atom. The molecule has 6 heteroatoms. The van der Waals surface area contributed by atoms with Gasteiger partial charge in [0.05, 0.1) is 6.10 Å². The number of benzene rings is 2. The largest absolute Gasteiger partial charge is 0.487 e. The normalized spacial score (nSPS) is 25.0. The van der Waals surface area contributed by atoms with Crippen LogP contribution in [0.25, 0.3) is 0 Å². The van der Waals surface area contributed by atoms with E-state index in [-0.39, 0.29) is 25.0 Å². The van der Waals surface area contributed by atoms with E-state index < -0.39 is 0 Å². The monoisotopic (exact) mass is 361 g/mol. The van der Waals surface area contributed by atoms with Gasteiger partial charge in [-0.15, -0.1) is 0 Å². The Balaban J connectivity index is 1.42. The molecule has 2 bridgehead atoms. The van der Waals surface area contributed by atoms with Crippen molar-refractivity contribution >= 4 is 11.6 Å². The molecule has 3 atom stereocenters. The van der Waals surface area contributed by atoms with Crippen LogP contribution in [-0.4, -0.2) is 32.1 Å². The van der Waals surface area contributed by atoms with Crippen LogP contribution in [0.1, 0.15) is 18.6 Å². The first-order valence-electron chi connectivity index (χ1n) is 8.36. The maximum Gasteiger partial charge on any atom is 0.231 e. The van der Waals surface area contributed by atoms with E-state index in [1.54, 1.807) is 0 Å². The second-order valence-corrected chi connectivity index (χ2v) is 6.69. The molecule has 0 aliphatic carbocycles. The van der Waals surface area contributed by atoms with Gasteiger partial charge in [0.1, 0.15) is 18.5 Å². The van der Waals surface area contributed by atoms with Gasteiger partial charge in [-0.25, -0.2) is 0 Å². The fourth-order valence-electron chi connectivity index (χ4n) is 3.10. The summed E-state index contributed by atoms with van der Waals surface area (Å²) in [6, 6.07) is 13.6. The van der Waals surface area contributed by atoms with Crippen LogP contribution in [0.15, 0.2) is 42.5 Å². The summed E-state index contributed by atoms with van der Waals surface area (Å²) in [4.78, 5) is 0. The van der Waals surface area contributed by atoms with Crippen LogP contribution < -0.4 is 19.5 Å². The minimum absolute atomic E-state index is 0.0631. The van der Waals surface area contributed by atoms with Crippen LogP contribution in [0, 0.1) is 0 Å². The first kappa shape index (κ1) is 16.5. The van der Waals surface area contributed by atoms with E-state index in [1.807, 2.05) is 42.5 Å². The molecule has 2 aliphatic heterocycles. The van der Waals surface area contributed by atoms with Crippen molar-refractivity contribution in [1.29, 1.82) is 0 Å². The van der Waals surface area contributed by atoms with Crippen LogP contribution in [0.3, 0.4) is 0 Å². The highest BCUT2D eigenvalue weighted by atomic mass is 35.5. The summed E-state index contributed by atoms with van der Waals surface area (Å²) in [6.45, 7) is 3.50. The molecule has 132 valence electrons. The number of ether oxygens (including phenoxy) is 4. The molecule has 2 heterocycles.